The average molecular weight is 353 g/mol. The molecule has 2 rings (SSSR count). The molecular weight excluding hydrogens is 328 g/mol. The molecule has 24 heavy (non-hydrogen) atoms. The number of rotatable bonds is 7. The molecule has 2 N–H and O–H groups in total. The molecule has 0 unspecified atom stereocenters. The third kappa shape index (κ3) is 4.79. The van der Waals surface area contributed by atoms with Gasteiger partial charge in [-0.25, -0.2) is 4.68 Å². The molecule has 6 nitrogen and oxygen atoms in total. The Morgan fingerprint density at radius 2 is 1.88 bits per heavy atom. The zero-order valence-electron chi connectivity index (χ0n) is 14.3. The van der Waals surface area contributed by atoms with Crippen molar-refractivity contribution in [1.82, 2.24) is 20.4 Å². The van der Waals surface area contributed by atoms with Crippen LogP contribution in [-0.4, -0.2) is 35.8 Å². The number of aromatic nitrogens is 2. The van der Waals surface area contributed by atoms with Crippen LogP contribution < -0.4 is 16.2 Å². The highest BCUT2D eigenvalue weighted by Gasteiger charge is 2.16. The highest BCUT2D eigenvalue weighted by molar-refractivity contribution is 6.04. The maximum Gasteiger partial charge on any atom is 0.274 e. The van der Waals surface area contributed by atoms with Gasteiger partial charge in [0.25, 0.3) is 11.5 Å². The van der Waals surface area contributed by atoms with E-state index < -0.39 is 0 Å². The molecule has 0 atom stereocenters. The van der Waals surface area contributed by atoms with Crippen molar-refractivity contribution in [3.8, 4) is 0 Å². The SMILES string of the molecule is CNCCCNC(=O)c1nn(CC(C)C)c(=O)c2ccccc12.Cl. The first-order valence-corrected chi connectivity index (χ1v) is 7.97. The fraction of sp³-hybridized carbons (Fsp3) is 0.471. The highest BCUT2D eigenvalue weighted by Crippen LogP contribution is 2.13. The molecule has 0 fully saturated rings. The number of nitrogens with one attached hydrogen (secondary N) is 2. The van der Waals surface area contributed by atoms with Crippen LogP contribution >= 0.6 is 12.4 Å². The van der Waals surface area contributed by atoms with Gasteiger partial charge in [0.2, 0.25) is 0 Å². The van der Waals surface area contributed by atoms with Crippen LogP contribution in [0.5, 0.6) is 0 Å². The summed E-state index contributed by atoms with van der Waals surface area (Å²) in [5, 5.41) is 11.4. The van der Waals surface area contributed by atoms with Gasteiger partial charge < -0.3 is 10.6 Å². The van der Waals surface area contributed by atoms with Crippen LogP contribution in [0.25, 0.3) is 10.8 Å². The van der Waals surface area contributed by atoms with Gasteiger partial charge in [0.05, 0.1) is 5.39 Å². The number of benzene rings is 1. The summed E-state index contributed by atoms with van der Waals surface area (Å²) >= 11 is 0. The van der Waals surface area contributed by atoms with Crippen molar-refractivity contribution in [2.45, 2.75) is 26.8 Å². The summed E-state index contributed by atoms with van der Waals surface area (Å²) in [6, 6.07) is 7.13. The van der Waals surface area contributed by atoms with Crippen molar-refractivity contribution in [2.75, 3.05) is 20.1 Å². The zero-order chi connectivity index (χ0) is 16.8. The van der Waals surface area contributed by atoms with Gasteiger partial charge in [-0.05, 0) is 32.0 Å². The Labute approximate surface area is 148 Å². The van der Waals surface area contributed by atoms with Crippen LogP contribution in [0.3, 0.4) is 0 Å². The molecule has 0 bridgehead atoms. The first-order chi connectivity index (χ1) is 11.0. The molecule has 0 saturated heterocycles. The number of carbonyl (C=O) groups is 1. The molecule has 1 aromatic carbocycles. The van der Waals surface area contributed by atoms with Gasteiger partial charge in [-0.2, -0.15) is 5.10 Å². The Hall–Kier alpha value is -1.92. The van der Waals surface area contributed by atoms with E-state index >= 15 is 0 Å². The quantitative estimate of drug-likeness (QED) is 0.745. The highest BCUT2D eigenvalue weighted by atomic mass is 35.5. The molecule has 1 heterocycles. The molecular formula is C17H25ClN4O2. The van der Waals surface area contributed by atoms with Gasteiger partial charge in [-0.3, -0.25) is 9.59 Å². The van der Waals surface area contributed by atoms with Crippen molar-refractivity contribution in [3.63, 3.8) is 0 Å². The molecule has 0 aliphatic heterocycles. The van der Waals surface area contributed by atoms with E-state index in [-0.39, 0.29) is 29.8 Å². The van der Waals surface area contributed by atoms with E-state index in [1.54, 1.807) is 18.2 Å². The van der Waals surface area contributed by atoms with E-state index in [1.807, 2.05) is 27.0 Å². The predicted molar refractivity (Wildman–Crippen MR) is 99.0 cm³/mol. The number of amides is 1. The largest absolute Gasteiger partial charge is 0.351 e. The number of halogens is 1. The second kappa shape index (κ2) is 9.39. The van der Waals surface area contributed by atoms with Crippen LogP contribution in [-0.2, 0) is 6.54 Å². The third-order valence-electron chi connectivity index (χ3n) is 3.51. The Kier molecular flexibility index (Phi) is 7.88. The molecule has 7 heteroatoms. The summed E-state index contributed by atoms with van der Waals surface area (Å²) in [7, 11) is 1.87. The normalized spacial score (nSPS) is 10.7. The molecule has 0 aliphatic rings. The number of hydrogen-bond acceptors (Lipinski definition) is 4. The average Bonchev–Trinajstić information content (AvgIpc) is 2.53. The summed E-state index contributed by atoms with van der Waals surface area (Å²) in [4.78, 5) is 25.0. The topological polar surface area (TPSA) is 76.0 Å². The molecule has 0 radical (unpaired) electrons. The van der Waals surface area contributed by atoms with Crippen molar-refractivity contribution < 1.29 is 4.79 Å². The van der Waals surface area contributed by atoms with Crippen molar-refractivity contribution in [2.24, 2.45) is 5.92 Å². The number of carbonyl (C=O) groups excluding carboxylic acids is 1. The monoisotopic (exact) mass is 352 g/mol. The second-order valence-electron chi connectivity index (χ2n) is 5.99. The minimum Gasteiger partial charge on any atom is -0.351 e. The smallest absolute Gasteiger partial charge is 0.274 e. The van der Waals surface area contributed by atoms with Crippen LogP contribution in [0.2, 0.25) is 0 Å². The van der Waals surface area contributed by atoms with E-state index in [4.69, 9.17) is 0 Å². The standard InChI is InChI=1S/C17H24N4O2.ClH/c1-12(2)11-21-17(23)14-8-5-4-7-13(14)15(20-21)16(22)19-10-6-9-18-3;/h4-5,7-8,12,18H,6,9-11H2,1-3H3,(H,19,22);1H. The van der Waals surface area contributed by atoms with Crippen molar-refractivity contribution >= 4 is 29.1 Å². The van der Waals surface area contributed by atoms with E-state index in [2.05, 4.69) is 15.7 Å². The van der Waals surface area contributed by atoms with Gasteiger partial charge in [0.1, 0.15) is 0 Å². The van der Waals surface area contributed by atoms with Crippen molar-refractivity contribution in [3.05, 3.63) is 40.3 Å². The van der Waals surface area contributed by atoms with Gasteiger partial charge in [-0.15, -0.1) is 12.4 Å². The summed E-state index contributed by atoms with van der Waals surface area (Å²) in [6.07, 6.45) is 0.839. The Morgan fingerprint density at radius 3 is 2.50 bits per heavy atom. The third-order valence-corrected chi connectivity index (χ3v) is 3.51. The molecule has 1 aromatic heterocycles. The van der Waals surface area contributed by atoms with Crippen LogP contribution in [0.4, 0.5) is 0 Å². The van der Waals surface area contributed by atoms with Gasteiger partial charge >= 0.3 is 0 Å². The fourth-order valence-electron chi connectivity index (χ4n) is 2.42. The summed E-state index contributed by atoms with van der Waals surface area (Å²) in [5.74, 6) is 0.0303. The van der Waals surface area contributed by atoms with E-state index in [1.165, 1.54) is 4.68 Å². The van der Waals surface area contributed by atoms with Gasteiger partial charge in [-0.1, -0.05) is 32.0 Å². The Morgan fingerprint density at radius 1 is 1.21 bits per heavy atom. The van der Waals surface area contributed by atoms with Gasteiger partial charge in [0, 0.05) is 18.5 Å². The summed E-state index contributed by atoms with van der Waals surface area (Å²) in [6.45, 7) is 5.92. The summed E-state index contributed by atoms with van der Waals surface area (Å²) < 4.78 is 1.40. The Bertz CT molecular complexity index is 743. The lowest BCUT2D eigenvalue weighted by Gasteiger charge is -2.12. The first-order valence-electron chi connectivity index (χ1n) is 7.97. The van der Waals surface area contributed by atoms with Crippen LogP contribution in [0, 0.1) is 5.92 Å². The van der Waals surface area contributed by atoms with Gasteiger partial charge in [0.15, 0.2) is 5.69 Å². The number of nitrogens with zero attached hydrogens (tertiary/aromatic N) is 2. The Balaban J connectivity index is 0.00000288. The van der Waals surface area contributed by atoms with E-state index in [9.17, 15) is 9.59 Å². The summed E-state index contributed by atoms with van der Waals surface area (Å²) in [5.41, 5.74) is 0.159. The second-order valence-corrected chi connectivity index (χ2v) is 5.99. The lowest BCUT2D eigenvalue weighted by Crippen LogP contribution is -2.32. The molecule has 132 valence electrons. The number of hydrogen-bond donors (Lipinski definition) is 2. The minimum atomic E-state index is -0.241. The minimum absolute atomic E-state index is 0. The molecule has 0 aliphatic carbocycles. The molecule has 0 saturated carbocycles. The fourth-order valence-corrected chi connectivity index (χ4v) is 2.42. The van der Waals surface area contributed by atoms with Crippen LogP contribution in [0.1, 0.15) is 30.8 Å². The zero-order valence-corrected chi connectivity index (χ0v) is 15.2. The molecule has 1 amide bonds. The number of fused-ring (bicyclic) bond motifs is 1. The first kappa shape index (κ1) is 20.1. The lowest BCUT2D eigenvalue weighted by atomic mass is 10.1. The molecule has 2 aromatic rings. The maximum absolute atomic E-state index is 12.5. The maximum atomic E-state index is 12.5. The van der Waals surface area contributed by atoms with Crippen LogP contribution in [0.15, 0.2) is 29.1 Å². The molecule has 0 spiro atoms. The van der Waals surface area contributed by atoms with Crippen molar-refractivity contribution in [1.29, 1.82) is 0 Å². The van der Waals surface area contributed by atoms with E-state index in [0.29, 0.717) is 29.6 Å². The lowest BCUT2D eigenvalue weighted by molar-refractivity contribution is 0.0947. The van der Waals surface area contributed by atoms with E-state index in [0.717, 1.165) is 13.0 Å². The predicted octanol–water partition coefficient (Wildman–Crippen LogP) is 1.81.